The molecule has 0 bridgehead atoms. The molecule has 0 unspecified atom stereocenters. The molecule has 3 aromatic carbocycles. The lowest BCUT2D eigenvalue weighted by atomic mass is 10.0. The van der Waals surface area contributed by atoms with Gasteiger partial charge in [0.25, 0.3) is 0 Å². The Bertz CT molecular complexity index is 1340. The van der Waals surface area contributed by atoms with Gasteiger partial charge in [0.05, 0.1) is 18.2 Å². The van der Waals surface area contributed by atoms with Crippen LogP contribution in [-0.4, -0.2) is 55.9 Å². The first-order valence-electron chi connectivity index (χ1n) is 12.7. The second-order valence-corrected chi connectivity index (χ2v) is 10.0. The highest BCUT2D eigenvalue weighted by Gasteiger charge is 2.26. The third-order valence-electron chi connectivity index (χ3n) is 6.37. The van der Waals surface area contributed by atoms with Crippen molar-refractivity contribution in [2.24, 2.45) is 0 Å². The van der Waals surface area contributed by atoms with Crippen LogP contribution in [-0.2, 0) is 4.74 Å². The van der Waals surface area contributed by atoms with Gasteiger partial charge in [-0.2, -0.15) is 5.26 Å². The molecule has 1 heterocycles. The highest BCUT2D eigenvalue weighted by Crippen LogP contribution is 2.26. The van der Waals surface area contributed by atoms with Crippen LogP contribution in [0.15, 0.2) is 66.7 Å². The van der Waals surface area contributed by atoms with Gasteiger partial charge in [-0.1, -0.05) is 47.5 Å². The predicted octanol–water partition coefficient (Wildman–Crippen LogP) is 6.39. The number of nitrogens with one attached hydrogen (secondary N) is 2. The number of benzene rings is 3. The molecule has 1 saturated heterocycles. The molecule has 10 heteroatoms. The lowest BCUT2D eigenvalue weighted by Gasteiger charge is -2.26. The quantitative estimate of drug-likeness (QED) is 0.329. The lowest BCUT2D eigenvalue weighted by Crippen LogP contribution is -2.42. The summed E-state index contributed by atoms with van der Waals surface area (Å²) in [6.07, 6.45) is 0.397. The number of likely N-dealkylation sites (tertiary alicyclic amines) is 1. The van der Waals surface area contributed by atoms with Crippen molar-refractivity contribution < 1.29 is 14.3 Å². The molecule has 8 nitrogen and oxygen atoms in total. The zero-order valence-corrected chi connectivity index (χ0v) is 23.0. The Balaban J connectivity index is 1.49. The molecule has 1 aliphatic rings. The van der Waals surface area contributed by atoms with E-state index in [9.17, 15) is 14.9 Å². The predicted molar refractivity (Wildman–Crippen MR) is 154 cm³/mol. The monoisotopic (exact) mass is 565 g/mol. The van der Waals surface area contributed by atoms with E-state index in [1.54, 1.807) is 36.1 Å². The fourth-order valence-electron chi connectivity index (χ4n) is 4.50. The van der Waals surface area contributed by atoms with Crippen LogP contribution in [0.2, 0.25) is 10.0 Å². The summed E-state index contributed by atoms with van der Waals surface area (Å²) >= 11 is 12.3. The van der Waals surface area contributed by atoms with Gasteiger partial charge in [0, 0.05) is 53.6 Å². The van der Waals surface area contributed by atoms with Crippen LogP contribution in [0.1, 0.15) is 18.9 Å². The number of amides is 3. The molecule has 39 heavy (non-hydrogen) atoms. The van der Waals surface area contributed by atoms with Crippen molar-refractivity contribution in [3.63, 3.8) is 0 Å². The minimum Gasteiger partial charge on any atom is -0.450 e. The summed E-state index contributed by atoms with van der Waals surface area (Å²) in [6.45, 7) is 4.59. The molecule has 3 amide bonds. The molecular formula is C29H29Cl2N5O3. The number of anilines is 2. The van der Waals surface area contributed by atoms with Crippen molar-refractivity contribution in [2.45, 2.75) is 19.4 Å². The van der Waals surface area contributed by atoms with E-state index in [0.717, 1.165) is 24.1 Å². The van der Waals surface area contributed by atoms with Crippen LogP contribution in [0.25, 0.3) is 11.1 Å². The molecule has 3 aromatic rings. The average Bonchev–Trinajstić information content (AvgIpc) is 3.35. The average molecular weight is 566 g/mol. The van der Waals surface area contributed by atoms with Crippen LogP contribution in [0, 0.1) is 11.3 Å². The Hall–Kier alpha value is -3.77. The number of carbonyl (C=O) groups is 2. The summed E-state index contributed by atoms with van der Waals surface area (Å²) < 4.78 is 4.99. The van der Waals surface area contributed by atoms with Crippen LogP contribution in [0.3, 0.4) is 0 Å². The summed E-state index contributed by atoms with van der Waals surface area (Å²) in [5, 5.41) is 15.9. The van der Waals surface area contributed by atoms with E-state index in [1.807, 2.05) is 42.5 Å². The largest absolute Gasteiger partial charge is 0.450 e. The van der Waals surface area contributed by atoms with Gasteiger partial charge in [-0.3, -0.25) is 9.80 Å². The van der Waals surface area contributed by atoms with Gasteiger partial charge in [-0.15, -0.1) is 0 Å². The van der Waals surface area contributed by atoms with Crippen molar-refractivity contribution in [1.82, 2.24) is 10.2 Å². The second kappa shape index (κ2) is 13.3. The summed E-state index contributed by atoms with van der Waals surface area (Å²) in [6, 6.07) is 21.7. The molecule has 0 spiro atoms. The Labute approximate surface area is 238 Å². The maximum atomic E-state index is 13.5. The molecule has 1 atom stereocenters. The van der Waals surface area contributed by atoms with E-state index in [-0.39, 0.29) is 12.1 Å². The number of ether oxygens (including phenoxy) is 1. The summed E-state index contributed by atoms with van der Waals surface area (Å²) in [4.78, 5) is 29.1. The standard InChI is InChI=1S/C29H29Cl2N5O3/c1-2-39-29(38)34-25-10-11-35(19-25)12-13-36(28(37)33-26-16-23(30)15-24(31)17-26)27-8-6-21(7-9-27)22-5-3-4-20(14-22)18-32/h3-9,14-17,25H,2,10-13,19H2,1H3,(H,33,37)(H,34,38)/t25-/m1/s1. The minimum absolute atomic E-state index is 0.00314. The second-order valence-electron chi connectivity index (χ2n) is 9.13. The third-order valence-corrected chi connectivity index (χ3v) is 6.81. The number of hydrogen-bond acceptors (Lipinski definition) is 5. The fourth-order valence-corrected chi connectivity index (χ4v) is 5.03. The van der Waals surface area contributed by atoms with E-state index in [1.165, 1.54) is 0 Å². The third kappa shape index (κ3) is 7.87. The van der Waals surface area contributed by atoms with Crippen molar-refractivity contribution in [1.29, 1.82) is 5.26 Å². The van der Waals surface area contributed by atoms with Crippen molar-refractivity contribution in [2.75, 3.05) is 43.0 Å². The van der Waals surface area contributed by atoms with Gasteiger partial charge < -0.3 is 15.4 Å². The van der Waals surface area contributed by atoms with Gasteiger partial charge in [0.2, 0.25) is 0 Å². The zero-order valence-electron chi connectivity index (χ0n) is 21.5. The van der Waals surface area contributed by atoms with Crippen molar-refractivity contribution >= 4 is 46.7 Å². The summed E-state index contributed by atoms with van der Waals surface area (Å²) in [5.74, 6) is 0. The number of halogens is 2. The van der Waals surface area contributed by atoms with Crippen LogP contribution < -0.4 is 15.5 Å². The zero-order chi connectivity index (χ0) is 27.8. The number of nitrogens with zero attached hydrogens (tertiary/aromatic N) is 3. The molecule has 0 aromatic heterocycles. The Morgan fingerprint density at radius 1 is 1.08 bits per heavy atom. The molecular weight excluding hydrogens is 537 g/mol. The first-order chi connectivity index (χ1) is 18.8. The van der Waals surface area contributed by atoms with E-state index < -0.39 is 6.09 Å². The van der Waals surface area contributed by atoms with Gasteiger partial charge in [-0.25, -0.2) is 9.59 Å². The van der Waals surface area contributed by atoms with Crippen molar-refractivity contribution in [3.05, 3.63) is 82.3 Å². The first kappa shape index (κ1) is 28.2. The summed E-state index contributed by atoms with van der Waals surface area (Å²) in [7, 11) is 0. The topological polar surface area (TPSA) is 97.7 Å². The van der Waals surface area contributed by atoms with E-state index in [4.69, 9.17) is 27.9 Å². The van der Waals surface area contributed by atoms with E-state index in [2.05, 4.69) is 21.6 Å². The lowest BCUT2D eigenvalue weighted by molar-refractivity contribution is 0.148. The van der Waals surface area contributed by atoms with Crippen LogP contribution in [0.4, 0.5) is 21.0 Å². The van der Waals surface area contributed by atoms with Gasteiger partial charge >= 0.3 is 12.1 Å². The maximum absolute atomic E-state index is 13.5. The smallest absolute Gasteiger partial charge is 0.407 e. The van der Waals surface area contributed by atoms with E-state index >= 15 is 0 Å². The molecule has 4 rings (SSSR count). The Kier molecular flexibility index (Phi) is 9.66. The van der Waals surface area contributed by atoms with Gasteiger partial charge in [0.15, 0.2) is 0 Å². The molecule has 0 saturated carbocycles. The number of carbonyl (C=O) groups excluding carboxylic acids is 2. The summed E-state index contributed by atoms with van der Waals surface area (Å²) in [5.41, 5.74) is 3.64. The number of urea groups is 1. The Morgan fingerprint density at radius 3 is 2.51 bits per heavy atom. The number of rotatable bonds is 8. The fraction of sp³-hybridized carbons (Fsp3) is 0.276. The van der Waals surface area contributed by atoms with E-state index in [0.29, 0.717) is 53.2 Å². The van der Waals surface area contributed by atoms with Crippen LogP contribution >= 0.6 is 23.2 Å². The van der Waals surface area contributed by atoms with Gasteiger partial charge in [0.1, 0.15) is 0 Å². The molecule has 0 aliphatic carbocycles. The Morgan fingerprint density at radius 2 is 1.82 bits per heavy atom. The molecule has 1 fully saturated rings. The van der Waals surface area contributed by atoms with Gasteiger partial charge in [-0.05, 0) is 66.9 Å². The van der Waals surface area contributed by atoms with Crippen molar-refractivity contribution in [3.8, 4) is 17.2 Å². The maximum Gasteiger partial charge on any atom is 0.407 e. The molecule has 202 valence electrons. The number of alkyl carbamates (subject to hydrolysis) is 1. The number of nitriles is 1. The highest BCUT2D eigenvalue weighted by molar-refractivity contribution is 6.35. The minimum atomic E-state index is -0.411. The number of hydrogen-bond donors (Lipinski definition) is 2. The molecule has 1 aliphatic heterocycles. The first-order valence-corrected chi connectivity index (χ1v) is 13.4. The SMILES string of the molecule is CCOC(=O)N[C@@H]1CCN(CCN(C(=O)Nc2cc(Cl)cc(Cl)c2)c2ccc(-c3cccc(C#N)c3)cc2)C1. The van der Waals surface area contributed by atoms with Crippen LogP contribution in [0.5, 0.6) is 0 Å². The molecule has 0 radical (unpaired) electrons. The highest BCUT2D eigenvalue weighted by atomic mass is 35.5. The normalized spacial score (nSPS) is 14.9. The molecule has 2 N–H and O–H groups in total.